The van der Waals surface area contributed by atoms with E-state index in [1.54, 1.807) is 23.1 Å². The highest BCUT2D eigenvalue weighted by atomic mass is 79.9. The van der Waals surface area contributed by atoms with Crippen molar-refractivity contribution in [2.75, 3.05) is 20.0 Å². The molecule has 212 valence electrons. The molecule has 0 saturated carbocycles. The van der Waals surface area contributed by atoms with E-state index in [4.69, 9.17) is 23.4 Å². The van der Waals surface area contributed by atoms with Crippen molar-refractivity contribution in [3.8, 4) is 23.0 Å². The van der Waals surface area contributed by atoms with Gasteiger partial charge in [0.05, 0.1) is 30.2 Å². The number of unbranched alkanes of at least 4 members (excludes halogenated alkanes) is 2. The predicted molar refractivity (Wildman–Crippen MR) is 157 cm³/mol. The van der Waals surface area contributed by atoms with Crippen molar-refractivity contribution in [3.05, 3.63) is 91.7 Å². The molecule has 41 heavy (non-hydrogen) atoms. The molecule has 2 aliphatic rings. The van der Waals surface area contributed by atoms with E-state index in [0.717, 1.165) is 34.9 Å². The van der Waals surface area contributed by atoms with E-state index in [-0.39, 0.29) is 30.4 Å². The van der Waals surface area contributed by atoms with Crippen LogP contribution in [0.15, 0.2) is 68.3 Å². The van der Waals surface area contributed by atoms with Crippen LogP contribution in [0.3, 0.4) is 0 Å². The van der Waals surface area contributed by atoms with Gasteiger partial charge in [-0.2, -0.15) is 0 Å². The molecule has 0 saturated heterocycles. The Morgan fingerprint density at radius 2 is 1.78 bits per heavy atom. The van der Waals surface area contributed by atoms with Gasteiger partial charge in [0.2, 0.25) is 12.6 Å². The fraction of sp³-hybridized carbons (Fsp3) is 0.312. The lowest BCUT2D eigenvalue weighted by atomic mass is 9.97. The third-order valence-electron chi connectivity index (χ3n) is 7.31. The van der Waals surface area contributed by atoms with Gasteiger partial charge in [0, 0.05) is 11.0 Å². The van der Waals surface area contributed by atoms with E-state index in [1.165, 1.54) is 0 Å². The maximum atomic E-state index is 14.0. The normalized spacial score (nSPS) is 15.4. The summed E-state index contributed by atoms with van der Waals surface area (Å²) in [6.07, 6.45) is 3.13. The molecule has 8 nitrogen and oxygen atoms in total. The van der Waals surface area contributed by atoms with Gasteiger partial charge in [0.1, 0.15) is 5.58 Å². The number of nitrogens with zero attached hydrogens (tertiary/aromatic N) is 1. The molecular weight excluding hydrogens is 590 g/mol. The minimum Gasteiger partial charge on any atom is -0.490 e. The first-order valence-electron chi connectivity index (χ1n) is 13.8. The molecule has 2 aliphatic heterocycles. The number of hydrogen-bond donors (Lipinski definition) is 0. The smallest absolute Gasteiger partial charge is 0.291 e. The summed E-state index contributed by atoms with van der Waals surface area (Å²) in [5, 5.41) is 0.404. The van der Waals surface area contributed by atoms with E-state index in [2.05, 4.69) is 22.9 Å². The van der Waals surface area contributed by atoms with Gasteiger partial charge >= 0.3 is 0 Å². The molecular formula is C32H30BrNO7. The quantitative estimate of drug-likeness (QED) is 0.177. The second-order valence-electron chi connectivity index (χ2n) is 10.0. The zero-order valence-electron chi connectivity index (χ0n) is 22.9. The average Bonchev–Trinajstić information content (AvgIpc) is 3.55. The second-order valence-corrected chi connectivity index (χ2v) is 10.9. The highest BCUT2D eigenvalue weighted by Gasteiger charge is 2.43. The third-order valence-corrected chi connectivity index (χ3v) is 7.80. The Hall–Kier alpha value is -3.98. The molecule has 0 bridgehead atoms. The Morgan fingerprint density at radius 1 is 0.927 bits per heavy atom. The van der Waals surface area contributed by atoms with Crippen LogP contribution < -0.4 is 24.4 Å². The number of ether oxygens (including phenoxy) is 4. The maximum absolute atomic E-state index is 14.0. The highest BCUT2D eigenvalue weighted by Crippen LogP contribution is 2.43. The van der Waals surface area contributed by atoms with Crippen LogP contribution in [0.25, 0.3) is 11.0 Å². The van der Waals surface area contributed by atoms with Gasteiger partial charge in [-0.05, 0) is 66.9 Å². The van der Waals surface area contributed by atoms with E-state index >= 15 is 0 Å². The summed E-state index contributed by atoms with van der Waals surface area (Å²) in [5.41, 5.74) is 1.98. The van der Waals surface area contributed by atoms with Gasteiger partial charge in [-0.25, -0.2) is 0 Å². The summed E-state index contributed by atoms with van der Waals surface area (Å²) < 4.78 is 29.9. The first kappa shape index (κ1) is 27.2. The molecule has 0 fully saturated rings. The molecule has 3 heterocycles. The van der Waals surface area contributed by atoms with Crippen molar-refractivity contribution in [1.82, 2.24) is 4.90 Å². The molecule has 0 spiro atoms. The minimum atomic E-state index is -0.698. The molecule has 3 aromatic carbocycles. The zero-order valence-corrected chi connectivity index (χ0v) is 24.5. The summed E-state index contributed by atoms with van der Waals surface area (Å²) in [6, 6.07) is 15.7. The van der Waals surface area contributed by atoms with E-state index in [0.29, 0.717) is 52.7 Å². The number of benzene rings is 3. The van der Waals surface area contributed by atoms with Crippen molar-refractivity contribution < 1.29 is 28.2 Å². The number of rotatable bonds is 10. The van der Waals surface area contributed by atoms with Crippen LogP contribution in [-0.2, 0) is 6.54 Å². The van der Waals surface area contributed by atoms with Crippen LogP contribution in [0.5, 0.6) is 23.0 Å². The van der Waals surface area contributed by atoms with Crippen molar-refractivity contribution in [3.63, 3.8) is 0 Å². The Bertz CT molecular complexity index is 1680. The number of hydrogen-bond acceptors (Lipinski definition) is 7. The lowest BCUT2D eigenvalue weighted by Crippen LogP contribution is -2.29. The predicted octanol–water partition coefficient (Wildman–Crippen LogP) is 7.00. The van der Waals surface area contributed by atoms with Crippen molar-refractivity contribution in [1.29, 1.82) is 0 Å². The third kappa shape index (κ3) is 5.14. The molecule has 1 atom stereocenters. The molecule has 6 rings (SSSR count). The molecule has 0 radical (unpaired) electrons. The fourth-order valence-electron chi connectivity index (χ4n) is 5.35. The first-order valence-corrected chi connectivity index (χ1v) is 14.6. The number of halogens is 1. The molecule has 1 unspecified atom stereocenters. The summed E-state index contributed by atoms with van der Waals surface area (Å²) in [7, 11) is 0. The van der Waals surface area contributed by atoms with E-state index < -0.39 is 6.04 Å². The summed E-state index contributed by atoms with van der Waals surface area (Å²) in [6.45, 7) is 5.46. The van der Waals surface area contributed by atoms with Crippen LogP contribution in [0.4, 0.5) is 0 Å². The van der Waals surface area contributed by atoms with Crippen molar-refractivity contribution >= 4 is 32.8 Å². The van der Waals surface area contributed by atoms with E-state index in [9.17, 15) is 9.59 Å². The van der Waals surface area contributed by atoms with Gasteiger partial charge < -0.3 is 28.3 Å². The Kier molecular flexibility index (Phi) is 7.62. The van der Waals surface area contributed by atoms with Gasteiger partial charge in [-0.15, -0.1) is 0 Å². The van der Waals surface area contributed by atoms with Crippen LogP contribution in [0, 0.1) is 0 Å². The fourth-order valence-corrected chi connectivity index (χ4v) is 5.72. The number of amides is 1. The van der Waals surface area contributed by atoms with Crippen LogP contribution in [-0.4, -0.2) is 30.8 Å². The van der Waals surface area contributed by atoms with Crippen molar-refractivity contribution in [2.45, 2.75) is 45.7 Å². The molecule has 4 aromatic rings. The van der Waals surface area contributed by atoms with Gasteiger partial charge in [0.15, 0.2) is 28.4 Å². The summed E-state index contributed by atoms with van der Waals surface area (Å²) in [4.78, 5) is 29.6. The molecule has 0 N–H and O–H groups in total. The Balaban J connectivity index is 1.45. The van der Waals surface area contributed by atoms with Crippen LogP contribution >= 0.6 is 15.9 Å². The molecule has 1 amide bonds. The number of carbonyl (C=O) groups excluding carboxylic acids is 1. The van der Waals surface area contributed by atoms with Crippen LogP contribution in [0.2, 0.25) is 0 Å². The number of fused-ring (bicyclic) bond motifs is 3. The Morgan fingerprint density at radius 3 is 2.61 bits per heavy atom. The standard InChI is InChI=1S/C32H30BrNO7/c1-3-5-6-13-38-24-11-8-20(15-27(24)37-4-2)29-28-30(35)22-16-21(33)9-12-23(22)41-31(28)32(36)34(29)17-19-7-10-25-26(14-19)40-18-39-25/h7-12,14-16,29H,3-6,13,17-18H2,1-2H3. The zero-order chi connectivity index (χ0) is 28.5. The summed E-state index contributed by atoms with van der Waals surface area (Å²) in [5.74, 6) is 2.17. The first-order chi connectivity index (χ1) is 20.0. The SMILES string of the molecule is CCCCCOc1ccc(C2c3c(oc4ccc(Br)cc4c3=O)C(=O)N2Cc2ccc3c(c2)OCO3)cc1OCC. The minimum absolute atomic E-state index is 0.0495. The Labute approximate surface area is 245 Å². The van der Waals surface area contributed by atoms with Gasteiger partial charge in [-0.1, -0.05) is 47.8 Å². The van der Waals surface area contributed by atoms with Crippen molar-refractivity contribution in [2.24, 2.45) is 0 Å². The monoisotopic (exact) mass is 619 g/mol. The van der Waals surface area contributed by atoms with E-state index in [1.807, 2.05) is 43.3 Å². The lowest BCUT2D eigenvalue weighted by molar-refractivity contribution is 0.0714. The van der Waals surface area contributed by atoms with Gasteiger partial charge in [-0.3, -0.25) is 9.59 Å². The molecule has 0 aliphatic carbocycles. The summed E-state index contributed by atoms with van der Waals surface area (Å²) >= 11 is 3.45. The lowest BCUT2D eigenvalue weighted by Gasteiger charge is -2.26. The topological polar surface area (TPSA) is 87.4 Å². The largest absolute Gasteiger partial charge is 0.490 e. The van der Waals surface area contributed by atoms with Gasteiger partial charge in [0.25, 0.3) is 5.91 Å². The molecule has 9 heteroatoms. The maximum Gasteiger partial charge on any atom is 0.291 e. The molecule has 1 aromatic heterocycles. The number of carbonyl (C=O) groups is 1. The van der Waals surface area contributed by atoms with Crippen LogP contribution in [0.1, 0.15) is 66.4 Å². The second kappa shape index (κ2) is 11.5. The highest BCUT2D eigenvalue weighted by molar-refractivity contribution is 9.10. The average molecular weight is 620 g/mol.